The molecular weight excluding hydrogens is 270 g/mol. The van der Waals surface area contributed by atoms with Crippen molar-refractivity contribution in [1.82, 2.24) is 4.37 Å². The van der Waals surface area contributed by atoms with Crippen molar-refractivity contribution in [3.63, 3.8) is 0 Å². The van der Waals surface area contributed by atoms with Crippen molar-refractivity contribution >= 4 is 28.4 Å². The van der Waals surface area contributed by atoms with Crippen LogP contribution in [0.1, 0.15) is 32.4 Å². The molecule has 7 nitrogen and oxygen atoms in total. The highest BCUT2D eigenvalue weighted by Crippen LogP contribution is 2.25. The van der Waals surface area contributed by atoms with Crippen molar-refractivity contribution in [2.24, 2.45) is 5.73 Å². The van der Waals surface area contributed by atoms with Crippen LogP contribution in [-0.2, 0) is 6.54 Å². The van der Waals surface area contributed by atoms with E-state index in [1.54, 1.807) is 13.0 Å². The van der Waals surface area contributed by atoms with Gasteiger partial charge >= 0.3 is 5.97 Å². The van der Waals surface area contributed by atoms with E-state index < -0.39 is 11.9 Å². The highest BCUT2D eigenvalue weighted by molar-refractivity contribution is 7.11. The molecule has 0 atom stereocenters. The van der Waals surface area contributed by atoms with Crippen LogP contribution in [0.2, 0.25) is 0 Å². The second kappa shape index (κ2) is 5.21. The fourth-order valence-corrected chi connectivity index (χ4v) is 2.27. The lowest BCUT2D eigenvalue weighted by Gasteiger charge is -2.01. The Labute approximate surface area is 112 Å². The summed E-state index contributed by atoms with van der Waals surface area (Å²) in [5.41, 5.74) is 5.72. The second-order valence-corrected chi connectivity index (χ2v) is 4.47. The first-order valence-corrected chi connectivity index (χ1v) is 6.10. The van der Waals surface area contributed by atoms with E-state index in [0.717, 1.165) is 11.5 Å². The Balaban J connectivity index is 2.21. The number of rotatable bonds is 4. The molecule has 0 aliphatic carbocycles. The number of nitrogens with zero attached hydrogens (tertiary/aromatic N) is 1. The zero-order valence-electron chi connectivity index (χ0n) is 9.97. The fourth-order valence-electron chi connectivity index (χ4n) is 1.48. The number of nitrogens with two attached hydrogens (primary N) is 1. The zero-order chi connectivity index (χ0) is 14.0. The molecule has 100 valence electrons. The largest absolute Gasteiger partial charge is 0.478 e. The van der Waals surface area contributed by atoms with E-state index in [9.17, 15) is 9.59 Å². The van der Waals surface area contributed by atoms with Crippen molar-refractivity contribution in [1.29, 1.82) is 0 Å². The van der Waals surface area contributed by atoms with Crippen LogP contribution in [0.4, 0.5) is 5.00 Å². The average Bonchev–Trinajstić information content (AvgIpc) is 2.96. The van der Waals surface area contributed by atoms with Gasteiger partial charge in [-0.15, -0.1) is 0 Å². The maximum absolute atomic E-state index is 11.9. The number of furan rings is 1. The van der Waals surface area contributed by atoms with Gasteiger partial charge in [0.2, 0.25) is 0 Å². The lowest BCUT2D eigenvalue weighted by molar-refractivity contribution is 0.0697. The van der Waals surface area contributed by atoms with Crippen LogP contribution in [-0.4, -0.2) is 21.4 Å². The van der Waals surface area contributed by atoms with Gasteiger partial charge in [-0.1, -0.05) is 0 Å². The Bertz CT molecular complexity index is 632. The first kappa shape index (κ1) is 13.2. The summed E-state index contributed by atoms with van der Waals surface area (Å²) in [4.78, 5) is 22.9. The number of amides is 1. The molecule has 2 aromatic rings. The molecule has 8 heteroatoms. The number of carboxylic acids is 1. The molecule has 2 rings (SSSR count). The molecule has 0 fully saturated rings. The van der Waals surface area contributed by atoms with Crippen LogP contribution < -0.4 is 11.1 Å². The molecule has 0 aliphatic rings. The summed E-state index contributed by atoms with van der Waals surface area (Å²) in [6.07, 6.45) is 0. The quantitative estimate of drug-likeness (QED) is 0.780. The molecule has 4 N–H and O–H groups in total. The zero-order valence-corrected chi connectivity index (χ0v) is 10.8. The molecule has 0 bridgehead atoms. The maximum Gasteiger partial charge on any atom is 0.340 e. The molecule has 0 saturated heterocycles. The number of anilines is 1. The lowest BCUT2D eigenvalue weighted by Crippen LogP contribution is -2.12. The predicted molar refractivity (Wildman–Crippen MR) is 68.4 cm³/mol. The minimum atomic E-state index is -1.14. The number of carbonyl (C=O) groups is 2. The molecule has 0 aliphatic heterocycles. The molecule has 2 heterocycles. The van der Waals surface area contributed by atoms with Gasteiger partial charge in [-0.25, -0.2) is 4.79 Å². The third-order valence-electron chi connectivity index (χ3n) is 2.39. The number of nitrogens with one attached hydrogen (secondary N) is 1. The summed E-state index contributed by atoms with van der Waals surface area (Å²) in [7, 11) is 0. The van der Waals surface area contributed by atoms with Crippen LogP contribution in [0.25, 0.3) is 0 Å². The van der Waals surface area contributed by atoms with E-state index in [2.05, 4.69) is 9.69 Å². The number of hydrogen-bond donors (Lipinski definition) is 3. The predicted octanol–water partition coefficient (Wildman–Crippen LogP) is 1.45. The van der Waals surface area contributed by atoms with Gasteiger partial charge in [-0.3, -0.25) is 4.79 Å². The van der Waals surface area contributed by atoms with Crippen molar-refractivity contribution in [3.05, 3.63) is 34.9 Å². The summed E-state index contributed by atoms with van der Waals surface area (Å²) in [6.45, 7) is 1.75. The van der Waals surface area contributed by atoms with Gasteiger partial charge in [-0.05, 0) is 30.6 Å². The minimum Gasteiger partial charge on any atom is -0.478 e. The first-order valence-electron chi connectivity index (χ1n) is 5.32. The number of carbonyl (C=O) groups excluding carboxylic acids is 1. The third-order valence-corrected chi connectivity index (χ3v) is 3.24. The van der Waals surface area contributed by atoms with E-state index >= 15 is 0 Å². The van der Waals surface area contributed by atoms with Gasteiger partial charge in [0.15, 0.2) is 5.76 Å². The highest BCUT2D eigenvalue weighted by Gasteiger charge is 2.20. The number of hydrogen-bond acceptors (Lipinski definition) is 6. The minimum absolute atomic E-state index is 0.0102. The molecule has 0 radical (unpaired) electrons. The number of aromatic carboxylic acids is 1. The molecular formula is C11H11N3O4S. The van der Waals surface area contributed by atoms with Crippen molar-refractivity contribution in [2.45, 2.75) is 13.5 Å². The summed E-state index contributed by atoms with van der Waals surface area (Å²) in [6, 6.07) is 3.07. The summed E-state index contributed by atoms with van der Waals surface area (Å²) in [5, 5.41) is 11.7. The summed E-state index contributed by atoms with van der Waals surface area (Å²) < 4.78 is 9.08. The fraction of sp³-hybridized carbons (Fsp3) is 0.182. The van der Waals surface area contributed by atoms with Gasteiger partial charge in [0.05, 0.1) is 12.2 Å². The van der Waals surface area contributed by atoms with Crippen molar-refractivity contribution in [2.75, 3.05) is 5.32 Å². The van der Waals surface area contributed by atoms with E-state index in [1.165, 1.54) is 6.07 Å². The molecule has 2 aromatic heterocycles. The lowest BCUT2D eigenvalue weighted by atomic mass is 10.2. The highest BCUT2D eigenvalue weighted by atomic mass is 32.1. The average molecular weight is 281 g/mol. The maximum atomic E-state index is 11.9. The molecule has 0 spiro atoms. The molecule has 0 saturated carbocycles. The molecule has 0 aromatic carbocycles. The summed E-state index contributed by atoms with van der Waals surface area (Å²) >= 11 is 0.911. The first-order chi connectivity index (χ1) is 9.02. The number of aryl methyl sites for hydroxylation is 1. The summed E-state index contributed by atoms with van der Waals surface area (Å²) in [5.74, 6) is -1.12. The Morgan fingerprint density at radius 3 is 2.84 bits per heavy atom. The van der Waals surface area contributed by atoms with Crippen molar-refractivity contribution in [3.8, 4) is 0 Å². The van der Waals surface area contributed by atoms with Crippen LogP contribution in [0.5, 0.6) is 0 Å². The molecule has 1 amide bonds. The van der Waals surface area contributed by atoms with Crippen LogP contribution in [0, 0.1) is 6.92 Å². The van der Waals surface area contributed by atoms with Gasteiger partial charge in [0.25, 0.3) is 5.91 Å². The smallest absolute Gasteiger partial charge is 0.340 e. The Morgan fingerprint density at radius 1 is 1.53 bits per heavy atom. The van der Waals surface area contributed by atoms with Crippen LogP contribution >= 0.6 is 11.5 Å². The van der Waals surface area contributed by atoms with Crippen molar-refractivity contribution < 1.29 is 19.1 Å². The van der Waals surface area contributed by atoms with Crippen LogP contribution in [0.15, 0.2) is 16.5 Å². The standard InChI is InChI=1S/C11H11N3O4S/c1-5-8(11(16)17)10(19-14-5)13-9(15)7-3-2-6(4-12)18-7/h2-3H,4,12H2,1H3,(H,13,15)(H,16,17). The number of carboxylic acid groups (broad SMARTS) is 1. The normalized spacial score (nSPS) is 10.4. The van der Waals surface area contributed by atoms with Gasteiger partial charge in [0.1, 0.15) is 16.3 Å². The molecule has 19 heavy (non-hydrogen) atoms. The van der Waals surface area contributed by atoms with E-state index in [-0.39, 0.29) is 22.9 Å². The Morgan fingerprint density at radius 2 is 2.26 bits per heavy atom. The monoisotopic (exact) mass is 281 g/mol. The van der Waals surface area contributed by atoms with Gasteiger partial charge in [-0.2, -0.15) is 4.37 Å². The van der Waals surface area contributed by atoms with Crippen LogP contribution in [0.3, 0.4) is 0 Å². The van der Waals surface area contributed by atoms with Gasteiger partial charge in [0, 0.05) is 0 Å². The van der Waals surface area contributed by atoms with Gasteiger partial charge < -0.3 is 20.6 Å². The van der Waals surface area contributed by atoms with E-state index in [4.69, 9.17) is 15.3 Å². The topological polar surface area (TPSA) is 118 Å². The SMILES string of the molecule is Cc1nsc(NC(=O)c2ccc(CN)o2)c1C(=O)O. The Hall–Kier alpha value is -2.19. The second-order valence-electron chi connectivity index (χ2n) is 3.70. The van der Waals surface area contributed by atoms with E-state index in [0.29, 0.717) is 11.5 Å². The Kier molecular flexibility index (Phi) is 3.63. The van der Waals surface area contributed by atoms with E-state index in [1.807, 2.05) is 0 Å². The number of aromatic nitrogens is 1. The third kappa shape index (κ3) is 2.64. The molecule has 0 unspecified atom stereocenters.